The first-order valence-electron chi connectivity index (χ1n) is 21.1. The van der Waals surface area contributed by atoms with E-state index >= 15 is 0 Å². The number of para-hydroxylation sites is 4. The van der Waals surface area contributed by atoms with Crippen molar-refractivity contribution >= 4 is 88.6 Å². The summed E-state index contributed by atoms with van der Waals surface area (Å²) in [6.45, 7) is 0. The molecule has 292 valence electrons. The Bertz CT molecular complexity index is 3590. The van der Waals surface area contributed by atoms with Gasteiger partial charge in [0, 0.05) is 66.4 Å². The van der Waals surface area contributed by atoms with Crippen LogP contribution in [-0.2, 0) is 0 Å². The molecule has 0 saturated heterocycles. The molecule has 4 heteroatoms. The van der Waals surface area contributed by atoms with E-state index in [1.165, 1.54) is 21.9 Å². The van der Waals surface area contributed by atoms with Gasteiger partial charge >= 0.3 is 0 Å². The lowest BCUT2D eigenvalue weighted by atomic mass is 10.0. The Labute approximate surface area is 359 Å². The van der Waals surface area contributed by atoms with Crippen molar-refractivity contribution in [1.82, 2.24) is 4.57 Å². The molecule has 0 bridgehead atoms. The summed E-state index contributed by atoms with van der Waals surface area (Å²) in [7, 11) is 0. The van der Waals surface area contributed by atoms with Crippen LogP contribution in [0.2, 0.25) is 0 Å². The van der Waals surface area contributed by atoms with Gasteiger partial charge < -0.3 is 18.8 Å². The van der Waals surface area contributed by atoms with Crippen molar-refractivity contribution in [2.24, 2.45) is 0 Å². The smallest absolute Gasteiger partial charge is 0.143 e. The van der Waals surface area contributed by atoms with Gasteiger partial charge in [-0.2, -0.15) is 0 Å². The van der Waals surface area contributed by atoms with Crippen LogP contribution in [0.1, 0.15) is 0 Å². The predicted molar refractivity (Wildman–Crippen MR) is 260 cm³/mol. The number of rotatable bonds is 8. The maximum absolute atomic E-state index is 6.56. The van der Waals surface area contributed by atoms with Gasteiger partial charge in [0.1, 0.15) is 11.2 Å². The maximum atomic E-state index is 6.56. The first-order valence-corrected chi connectivity index (χ1v) is 21.1. The molecule has 62 heavy (non-hydrogen) atoms. The number of aromatic nitrogens is 1. The van der Waals surface area contributed by atoms with Crippen LogP contribution >= 0.6 is 0 Å². The van der Waals surface area contributed by atoms with Gasteiger partial charge in [-0.15, -0.1) is 0 Å². The largest absolute Gasteiger partial charge is 0.455 e. The predicted octanol–water partition coefficient (Wildman–Crippen LogP) is 16.4. The number of anilines is 6. The van der Waals surface area contributed by atoms with Crippen molar-refractivity contribution in [3.8, 4) is 16.8 Å². The highest BCUT2D eigenvalue weighted by atomic mass is 16.3. The fraction of sp³-hybridized carbons (Fsp3) is 0. The summed E-state index contributed by atoms with van der Waals surface area (Å²) in [4.78, 5) is 4.77. The van der Waals surface area contributed by atoms with Crippen molar-refractivity contribution < 1.29 is 4.42 Å². The summed E-state index contributed by atoms with van der Waals surface area (Å²) in [5, 5.41) is 6.85. The van der Waals surface area contributed by atoms with E-state index in [0.717, 1.165) is 83.6 Å². The Morgan fingerprint density at radius 1 is 0.306 bits per heavy atom. The van der Waals surface area contributed by atoms with Crippen molar-refractivity contribution in [3.05, 3.63) is 237 Å². The average molecular weight is 794 g/mol. The molecule has 0 fully saturated rings. The number of furan rings is 1. The normalized spacial score (nSPS) is 11.5. The summed E-state index contributed by atoms with van der Waals surface area (Å²) in [5.41, 5.74) is 14.0. The van der Waals surface area contributed by atoms with Crippen LogP contribution in [0.4, 0.5) is 34.1 Å². The summed E-state index contributed by atoms with van der Waals surface area (Å²) in [6.07, 6.45) is 0. The van der Waals surface area contributed by atoms with E-state index in [1.54, 1.807) is 0 Å². The number of nitrogens with zero attached hydrogens (tertiary/aromatic N) is 3. The number of fused-ring (bicyclic) bond motifs is 8. The molecule has 4 nitrogen and oxygen atoms in total. The Kier molecular flexibility index (Phi) is 8.46. The van der Waals surface area contributed by atoms with Gasteiger partial charge in [-0.1, -0.05) is 140 Å². The summed E-state index contributed by atoms with van der Waals surface area (Å²) in [5.74, 6) is 0. The second kappa shape index (κ2) is 14.7. The van der Waals surface area contributed by atoms with E-state index in [9.17, 15) is 0 Å². The number of hydrogen-bond donors (Lipinski definition) is 0. The molecule has 0 unspecified atom stereocenters. The molecule has 0 aliphatic heterocycles. The molecule has 0 atom stereocenters. The van der Waals surface area contributed by atoms with E-state index < -0.39 is 0 Å². The third-order valence-electron chi connectivity index (χ3n) is 12.1. The maximum Gasteiger partial charge on any atom is 0.143 e. The van der Waals surface area contributed by atoms with Gasteiger partial charge in [0.05, 0.1) is 16.7 Å². The van der Waals surface area contributed by atoms with E-state index in [4.69, 9.17) is 4.42 Å². The van der Waals surface area contributed by atoms with Crippen molar-refractivity contribution in [3.63, 3.8) is 0 Å². The topological polar surface area (TPSA) is 24.6 Å². The molecule has 0 spiro atoms. The van der Waals surface area contributed by atoms with Gasteiger partial charge in [0.2, 0.25) is 0 Å². The van der Waals surface area contributed by atoms with Gasteiger partial charge in [-0.05, 0) is 108 Å². The molecule has 10 aromatic carbocycles. The molecule has 12 rings (SSSR count). The van der Waals surface area contributed by atoms with E-state index in [1.807, 2.05) is 12.1 Å². The van der Waals surface area contributed by atoms with Gasteiger partial charge in [-0.3, -0.25) is 0 Å². The minimum Gasteiger partial charge on any atom is -0.455 e. The van der Waals surface area contributed by atoms with Gasteiger partial charge in [0.15, 0.2) is 0 Å². The lowest BCUT2D eigenvalue weighted by molar-refractivity contribution is 0.672. The molecular weight excluding hydrogens is 755 g/mol. The van der Waals surface area contributed by atoms with Gasteiger partial charge in [0.25, 0.3) is 0 Å². The van der Waals surface area contributed by atoms with E-state index in [2.05, 4.69) is 239 Å². The molecule has 2 heterocycles. The Balaban J connectivity index is 1.07. The van der Waals surface area contributed by atoms with Crippen LogP contribution in [0.15, 0.2) is 241 Å². The summed E-state index contributed by atoms with van der Waals surface area (Å²) >= 11 is 0. The number of hydrogen-bond acceptors (Lipinski definition) is 3. The van der Waals surface area contributed by atoms with Crippen LogP contribution < -0.4 is 9.80 Å². The van der Waals surface area contributed by atoms with Gasteiger partial charge in [-0.25, -0.2) is 0 Å². The summed E-state index contributed by atoms with van der Waals surface area (Å²) in [6, 6.07) is 84.7. The molecule has 12 aromatic rings. The highest BCUT2D eigenvalue weighted by molar-refractivity contribution is 6.18. The molecule has 0 amide bonds. The van der Waals surface area contributed by atoms with Crippen LogP contribution in [0.5, 0.6) is 0 Å². The molecule has 0 aliphatic carbocycles. The standard InChI is InChI=1S/C58H39N3O/c1-4-17-40(18-5-1)41-19-14-24-44(37-41)59(47-33-36-56-53(39-47)48-27-10-12-30-55(48)61(56)43-22-8-3-9-23-43)45-25-15-26-46(38-45)60(42-20-6-2-7-21-42)54-31-16-29-51-49(54)34-35-52-50-28-11-13-32-57(50)62-58(51)52/h1-39H. The Morgan fingerprint density at radius 2 is 0.855 bits per heavy atom. The van der Waals surface area contributed by atoms with E-state index in [-0.39, 0.29) is 0 Å². The minimum absolute atomic E-state index is 0.896. The molecule has 0 N–H and O–H groups in total. The van der Waals surface area contributed by atoms with Crippen LogP contribution in [0.3, 0.4) is 0 Å². The third-order valence-corrected chi connectivity index (χ3v) is 12.1. The lowest BCUT2D eigenvalue weighted by Crippen LogP contribution is -2.13. The van der Waals surface area contributed by atoms with Crippen LogP contribution in [-0.4, -0.2) is 4.57 Å². The zero-order valence-corrected chi connectivity index (χ0v) is 33.8. The Morgan fingerprint density at radius 3 is 1.68 bits per heavy atom. The number of benzene rings is 10. The fourth-order valence-electron chi connectivity index (χ4n) is 9.35. The molecule has 0 saturated carbocycles. The molecule has 0 radical (unpaired) electrons. The zero-order valence-electron chi connectivity index (χ0n) is 33.8. The third kappa shape index (κ3) is 5.92. The first kappa shape index (κ1) is 35.6. The highest BCUT2D eigenvalue weighted by Crippen LogP contribution is 2.46. The Hall–Kier alpha value is -8.34. The van der Waals surface area contributed by atoms with Crippen LogP contribution in [0.25, 0.3) is 71.3 Å². The minimum atomic E-state index is 0.896. The average Bonchev–Trinajstić information content (AvgIpc) is 3.89. The zero-order chi connectivity index (χ0) is 41.0. The summed E-state index contributed by atoms with van der Waals surface area (Å²) < 4.78 is 8.93. The second-order valence-corrected chi connectivity index (χ2v) is 15.7. The quantitative estimate of drug-likeness (QED) is 0.153. The molecular formula is C58H39N3O. The van der Waals surface area contributed by atoms with Crippen molar-refractivity contribution in [2.45, 2.75) is 0 Å². The lowest BCUT2D eigenvalue weighted by Gasteiger charge is -2.30. The van der Waals surface area contributed by atoms with E-state index in [0.29, 0.717) is 0 Å². The molecule has 0 aliphatic rings. The van der Waals surface area contributed by atoms with Crippen molar-refractivity contribution in [2.75, 3.05) is 9.80 Å². The van der Waals surface area contributed by atoms with Crippen LogP contribution in [0, 0.1) is 0 Å². The van der Waals surface area contributed by atoms with Crippen molar-refractivity contribution in [1.29, 1.82) is 0 Å². The molecule has 2 aromatic heterocycles. The SMILES string of the molecule is c1ccc(-c2cccc(N(c3cccc(N(c4ccccc4)c4cccc5c4ccc4c6ccccc6oc54)c3)c3ccc4c(c3)c3ccccc3n4-c3ccccc3)c2)cc1. The monoisotopic (exact) mass is 793 g/mol. The first-order chi connectivity index (χ1) is 30.8. The fourth-order valence-corrected chi connectivity index (χ4v) is 9.35. The second-order valence-electron chi connectivity index (χ2n) is 15.7. The highest BCUT2D eigenvalue weighted by Gasteiger charge is 2.22.